The molecule has 1 heterocycles. The topological polar surface area (TPSA) is 110 Å². The number of carbonyl (C=O) groups is 1. The van der Waals surface area contributed by atoms with Crippen LogP contribution in [-0.4, -0.2) is 37.9 Å². The molecule has 1 unspecified atom stereocenters. The summed E-state index contributed by atoms with van der Waals surface area (Å²) in [6.45, 7) is 3.27. The molecule has 1 atom stereocenters. The van der Waals surface area contributed by atoms with E-state index in [4.69, 9.17) is 5.11 Å². The largest absolute Gasteiger partial charge is 0.394 e. The number of aliphatic hydroxyl groups is 1. The average Bonchev–Trinajstić information content (AvgIpc) is 2.77. The van der Waals surface area contributed by atoms with Gasteiger partial charge < -0.3 is 10.4 Å². The smallest absolute Gasteiger partial charge is 0.307 e. The highest BCUT2D eigenvalue weighted by atomic mass is 16.6. The van der Waals surface area contributed by atoms with Gasteiger partial charge in [-0.2, -0.15) is 5.10 Å². The van der Waals surface area contributed by atoms with Crippen LogP contribution >= 0.6 is 0 Å². The van der Waals surface area contributed by atoms with Gasteiger partial charge in [0, 0.05) is 0 Å². The predicted molar refractivity (Wildman–Crippen MR) is 62.8 cm³/mol. The number of rotatable bonds is 6. The maximum Gasteiger partial charge on any atom is 0.307 e. The van der Waals surface area contributed by atoms with Crippen molar-refractivity contribution in [3.8, 4) is 0 Å². The number of carbonyl (C=O) groups excluding carboxylic acids is 1. The van der Waals surface area contributed by atoms with Crippen LogP contribution in [0.4, 0.5) is 5.69 Å². The van der Waals surface area contributed by atoms with Gasteiger partial charge in [-0.05, 0) is 13.3 Å². The number of hydrogen-bond donors (Lipinski definition) is 2. The maximum atomic E-state index is 11.7. The molecule has 0 aromatic carbocycles. The van der Waals surface area contributed by atoms with Crippen molar-refractivity contribution in [2.75, 3.05) is 6.61 Å². The van der Waals surface area contributed by atoms with Crippen molar-refractivity contribution in [1.29, 1.82) is 0 Å². The third-order valence-electron chi connectivity index (χ3n) is 2.71. The van der Waals surface area contributed by atoms with Crippen LogP contribution in [-0.2, 0) is 11.3 Å². The van der Waals surface area contributed by atoms with Crippen LogP contribution in [0.1, 0.15) is 20.3 Å². The first-order chi connectivity index (χ1) is 8.40. The van der Waals surface area contributed by atoms with E-state index in [1.54, 1.807) is 6.92 Å². The third kappa shape index (κ3) is 3.52. The quantitative estimate of drug-likeness (QED) is 0.552. The number of nitrogens with one attached hydrogen (secondary N) is 1. The van der Waals surface area contributed by atoms with Crippen LogP contribution in [0.25, 0.3) is 0 Å². The highest BCUT2D eigenvalue weighted by Gasteiger charge is 2.23. The Morgan fingerprint density at radius 3 is 2.83 bits per heavy atom. The molecule has 1 aromatic rings. The summed E-state index contributed by atoms with van der Waals surface area (Å²) < 4.78 is 1.18. The lowest BCUT2D eigenvalue weighted by molar-refractivity contribution is -0.385. The van der Waals surface area contributed by atoms with Gasteiger partial charge in [0.1, 0.15) is 18.9 Å². The van der Waals surface area contributed by atoms with Gasteiger partial charge in [-0.3, -0.25) is 19.6 Å². The molecule has 0 aliphatic heterocycles. The Hall–Kier alpha value is -1.96. The SMILES string of the molecule is CCC(C)(CO)NC(=O)Cn1cc([N+](=O)[O-])cn1. The molecule has 8 heteroatoms. The van der Waals surface area contributed by atoms with Crippen molar-refractivity contribution in [3.63, 3.8) is 0 Å². The van der Waals surface area contributed by atoms with Gasteiger partial charge in [0.2, 0.25) is 5.91 Å². The number of aliphatic hydroxyl groups excluding tert-OH is 1. The monoisotopic (exact) mass is 256 g/mol. The van der Waals surface area contributed by atoms with E-state index in [0.717, 1.165) is 6.20 Å². The molecule has 0 saturated carbocycles. The molecule has 0 bridgehead atoms. The van der Waals surface area contributed by atoms with Gasteiger partial charge >= 0.3 is 5.69 Å². The van der Waals surface area contributed by atoms with Gasteiger partial charge in [0.25, 0.3) is 0 Å². The van der Waals surface area contributed by atoms with E-state index >= 15 is 0 Å². The normalized spacial score (nSPS) is 13.9. The Kier molecular flexibility index (Phi) is 4.38. The van der Waals surface area contributed by atoms with E-state index in [9.17, 15) is 14.9 Å². The van der Waals surface area contributed by atoms with Gasteiger partial charge in [-0.15, -0.1) is 0 Å². The minimum absolute atomic E-state index is 0.122. The van der Waals surface area contributed by atoms with Gasteiger partial charge in [0.15, 0.2) is 0 Å². The molecule has 2 N–H and O–H groups in total. The molecule has 1 aromatic heterocycles. The molecule has 100 valence electrons. The fourth-order valence-corrected chi connectivity index (χ4v) is 1.30. The average molecular weight is 256 g/mol. The number of hydrogen-bond acceptors (Lipinski definition) is 5. The van der Waals surface area contributed by atoms with Crippen molar-refractivity contribution >= 4 is 11.6 Å². The fraction of sp³-hybridized carbons (Fsp3) is 0.600. The number of amides is 1. The summed E-state index contributed by atoms with van der Waals surface area (Å²) in [6.07, 6.45) is 2.84. The van der Waals surface area contributed by atoms with E-state index in [0.29, 0.717) is 6.42 Å². The number of nitrogens with zero attached hydrogens (tertiary/aromatic N) is 3. The molecular weight excluding hydrogens is 240 g/mol. The molecule has 1 amide bonds. The minimum atomic E-state index is -0.684. The van der Waals surface area contributed by atoms with Crippen LogP contribution < -0.4 is 5.32 Å². The van der Waals surface area contributed by atoms with Crippen LogP contribution in [0.5, 0.6) is 0 Å². The van der Waals surface area contributed by atoms with E-state index in [1.165, 1.54) is 10.9 Å². The molecule has 0 aliphatic carbocycles. The van der Waals surface area contributed by atoms with Crippen molar-refractivity contribution < 1.29 is 14.8 Å². The summed E-state index contributed by atoms with van der Waals surface area (Å²) in [6, 6.07) is 0. The lowest BCUT2D eigenvalue weighted by Crippen LogP contribution is -2.49. The van der Waals surface area contributed by atoms with Crippen molar-refractivity contribution in [3.05, 3.63) is 22.5 Å². The molecule has 1 rings (SSSR count). The zero-order valence-corrected chi connectivity index (χ0v) is 10.3. The van der Waals surface area contributed by atoms with E-state index < -0.39 is 10.5 Å². The molecule has 0 aliphatic rings. The lowest BCUT2D eigenvalue weighted by atomic mass is 10.0. The van der Waals surface area contributed by atoms with Crippen LogP contribution in [0, 0.1) is 10.1 Å². The zero-order chi connectivity index (χ0) is 13.8. The Labute approximate surface area is 104 Å². The summed E-state index contributed by atoms with van der Waals surface area (Å²) in [5.74, 6) is -0.355. The molecule has 0 spiro atoms. The van der Waals surface area contributed by atoms with Crippen LogP contribution in [0.3, 0.4) is 0 Å². The first-order valence-electron chi connectivity index (χ1n) is 5.49. The van der Waals surface area contributed by atoms with Gasteiger partial charge in [-0.25, -0.2) is 0 Å². The maximum absolute atomic E-state index is 11.7. The summed E-state index contributed by atoms with van der Waals surface area (Å²) in [7, 11) is 0. The van der Waals surface area contributed by atoms with E-state index in [1.807, 2.05) is 6.92 Å². The summed E-state index contributed by atoms with van der Waals surface area (Å²) >= 11 is 0. The summed E-state index contributed by atoms with van der Waals surface area (Å²) in [5.41, 5.74) is -0.848. The van der Waals surface area contributed by atoms with Gasteiger partial charge in [0.05, 0.1) is 17.1 Å². The second-order valence-electron chi connectivity index (χ2n) is 4.27. The van der Waals surface area contributed by atoms with Crippen LogP contribution in [0.2, 0.25) is 0 Å². The standard InChI is InChI=1S/C10H16N4O4/c1-3-10(2,7-15)12-9(16)6-13-5-8(4-11-13)14(17)18/h4-5,15H,3,6-7H2,1-2H3,(H,12,16). The Morgan fingerprint density at radius 2 is 2.39 bits per heavy atom. The second kappa shape index (κ2) is 5.58. The van der Waals surface area contributed by atoms with Crippen LogP contribution in [0.15, 0.2) is 12.4 Å². The lowest BCUT2D eigenvalue weighted by Gasteiger charge is -2.27. The predicted octanol–water partition coefficient (Wildman–Crippen LogP) is 0.0685. The minimum Gasteiger partial charge on any atom is -0.394 e. The third-order valence-corrected chi connectivity index (χ3v) is 2.71. The van der Waals surface area contributed by atoms with E-state index in [2.05, 4.69) is 10.4 Å². The molecule has 8 nitrogen and oxygen atoms in total. The summed E-state index contributed by atoms with van der Waals surface area (Å²) in [5, 5.41) is 26.0. The molecule has 0 saturated heterocycles. The molecule has 0 fully saturated rings. The first-order valence-corrected chi connectivity index (χ1v) is 5.49. The number of nitro groups is 1. The molecular formula is C10H16N4O4. The number of aromatic nitrogens is 2. The van der Waals surface area contributed by atoms with Crippen molar-refractivity contribution in [1.82, 2.24) is 15.1 Å². The van der Waals surface area contributed by atoms with E-state index in [-0.39, 0.29) is 24.7 Å². The van der Waals surface area contributed by atoms with Gasteiger partial charge in [-0.1, -0.05) is 6.92 Å². The fourth-order valence-electron chi connectivity index (χ4n) is 1.30. The highest BCUT2D eigenvalue weighted by molar-refractivity contribution is 5.76. The Morgan fingerprint density at radius 1 is 1.72 bits per heavy atom. The Bertz CT molecular complexity index is 439. The highest BCUT2D eigenvalue weighted by Crippen LogP contribution is 2.09. The van der Waals surface area contributed by atoms with Crippen molar-refractivity contribution in [2.24, 2.45) is 0 Å². The van der Waals surface area contributed by atoms with Crippen molar-refractivity contribution in [2.45, 2.75) is 32.4 Å². The molecule has 0 radical (unpaired) electrons. The summed E-state index contributed by atoms with van der Waals surface area (Å²) in [4.78, 5) is 21.5. The first kappa shape index (κ1) is 14.1. The zero-order valence-electron chi connectivity index (χ0n) is 10.3. The Balaban J connectivity index is 2.61. The second-order valence-corrected chi connectivity index (χ2v) is 4.27. The molecule has 18 heavy (non-hydrogen) atoms.